The molecule has 174 valence electrons. The number of morpholine rings is 1. The van der Waals surface area contributed by atoms with Gasteiger partial charge in [0, 0.05) is 58.5 Å². The fourth-order valence-electron chi connectivity index (χ4n) is 4.21. The van der Waals surface area contributed by atoms with Crippen molar-refractivity contribution in [2.75, 3.05) is 76.4 Å². The first kappa shape index (κ1) is 24.4. The molecule has 1 N–H and O–H groups in total. The van der Waals surface area contributed by atoms with Crippen molar-refractivity contribution in [3.8, 4) is 5.75 Å². The molecule has 0 bridgehead atoms. The van der Waals surface area contributed by atoms with E-state index < -0.39 is 0 Å². The zero-order valence-corrected chi connectivity index (χ0v) is 21.3. The van der Waals surface area contributed by atoms with Crippen molar-refractivity contribution in [3.05, 3.63) is 54.1 Å². The summed E-state index contributed by atoms with van der Waals surface area (Å²) in [7, 11) is 3.59. The third-order valence-electron chi connectivity index (χ3n) is 5.98. The lowest BCUT2D eigenvalue weighted by Crippen LogP contribution is -2.52. The lowest BCUT2D eigenvalue weighted by atomic mass is 10.2. The van der Waals surface area contributed by atoms with Crippen LogP contribution in [-0.2, 0) is 11.3 Å². The van der Waals surface area contributed by atoms with Crippen LogP contribution in [0.25, 0.3) is 0 Å². The maximum atomic E-state index is 5.53. The van der Waals surface area contributed by atoms with Crippen molar-refractivity contribution in [1.29, 1.82) is 0 Å². The second kappa shape index (κ2) is 12.2. The fraction of sp³-hybridized carbons (Fsp3) is 0.458. The summed E-state index contributed by atoms with van der Waals surface area (Å²) in [5.74, 6) is 1.89. The highest BCUT2D eigenvalue weighted by atomic mass is 127. The normalized spacial score (nSPS) is 17.1. The third kappa shape index (κ3) is 5.98. The zero-order valence-electron chi connectivity index (χ0n) is 19.0. The standard InChI is InChI=1S/C24H33N5O2.HI/c1-25-24(26-19-20-7-9-21(10-8-20)27-15-17-31-18-16-27)29-13-11-28(12-14-29)22-5-3-4-6-23(22)30-2;/h3-10H,11-19H2,1-2H3,(H,25,26);1H. The number of hydrogen-bond donors (Lipinski definition) is 1. The Morgan fingerprint density at radius 3 is 2.28 bits per heavy atom. The molecule has 0 saturated carbocycles. The topological polar surface area (TPSA) is 52.6 Å². The predicted molar refractivity (Wildman–Crippen MR) is 142 cm³/mol. The predicted octanol–water partition coefficient (Wildman–Crippen LogP) is 3.05. The molecule has 0 radical (unpaired) electrons. The van der Waals surface area contributed by atoms with Crippen molar-refractivity contribution in [2.45, 2.75) is 6.54 Å². The first-order chi connectivity index (χ1) is 15.3. The Morgan fingerprint density at radius 2 is 1.62 bits per heavy atom. The van der Waals surface area contributed by atoms with Gasteiger partial charge in [-0.1, -0.05) is 24.3 Å². The van der Waals surface area contributed by atoms with Crippen LogP contribution in [0.2, 0.25) is 0 Å². The van der Waals surface area contributed by atoms with E-state index in [0.717, 1.165) is 76.4 Å². The summed E-state index contributed by atoms with van der Waals surface area (Å²) < 4.78 is 11.0. The fourth-order valence-corrected chi connectivity index (χ4v) is 4.21. The molecule has 7 nitrogen and oxygen atoms in total. The number of methoxy groups -OCH3 is 1. The maximum absolute atomic E-state index is 5.53. The van der Waals surface area contributed by atoms with E-state index in [4.69, 9.17) is 9.47 Å². The summed E-state index contributed by atoms with van der Waals surface area (Å²) >= 11 is 0. The number of anilines is 2. The maximum Gasteiger partial charge on any atom is 0.194 e. The molecule has 32 heavy (non-hydrogen) atoms. The highest BCUT2D eigenvalue weighted by molar-refractivity contribution is 14.0. The lowest BCUT2D eigenvalue weighted by Gasteiger charge is -2.38. The molecule has 2 saturated heterocycles. The molecule has 0 spiro atoms. The van der Waals surface area contributed by atoms with Gasteiger partial charge in [-0.3, -0.25) is 4.99 Å². The molecule has 0 amide bonds. The molecule has 4 rings (SSSR count). The van der Waals surface area contributed by atoms with Gasteiger partial charge in [0.1, 0.15) is 5.75 Å². The van der Waals surface area contributed by atoms with Crippen molar-refractivity contribution in [3.63, 3.8) is 0 Å². The smallest absolute Gasteiger partial charge is 0.194 e. The van der Waals surface area contributed by atoms with Gasteiger partial charge in [0.05, 0.1) is 26.0 Å². The molecule has 0 unspecified atom stereocenters. The van der Waals surface area contributed by atoms with Crippen molar-refractivity contribution in [1.82, 2.24) is 10.2 Å². The number of ether oxygens (including phenoxy) is 2. The van der Waals surface area contributed by atoms with E-state index in [0.29, 0.717) is 0 Å². The first-order valence-corrected chi connectivity index (χ1v) is 11.0. The summed E-state index contributed by atoms with van der Waals surface area (Å²) in [5, 5.41) is 3.53. The van der Waals surface area contributed by atoms with Gasteiger partial charge >= 0.3 is 0 Å². The van der Waals surface area contributed by atoms with Crippen molar-refractivity contribution in [2.24, 2.45) is 4.99 Å². The number of hydrogen-bond acceptors (Lipinski definition) is 5. The van der Waals surface area contributed by atoms with Crippen LogP contribution in [0.3, 0.4) is 0 Å². The van der Waals surface area contributed by atoms with Gasteiger partial charge in [0.2, 0.25) is 0 Å². The number of benzene rings is 2. The van der Waals surface area contributed by atoms with Crippen molar-refractivity contribution < 1.29 is 9.47 Å². The number of guanidine groups is 1. The van der Waals surface area contributed by atoms with Gasteiger partial charge in [-0.25, -0.2) is 0 Å². The molecule has 2 aliphatic rings. The minimum Gasteiger partial charge on any atom is -0.495 e. The van der Waals surface area contributed by atoms with E-state index in [2.05, 4.69) is 61.4 Å². The van der Waals surface area contributed by atoms with Crippen LogP contribution >= 0.6 is 24.0 Å². The largest absolute Gasteiger partial charge is 0.495 e. The van der Waals surface area contributed by atoms with Crippen LogP contribution in [0.5, 0.6) is 5.75 Å². The molecular weight excluding hydrogens is 517 g/mol. The minimum atomic E-state index is 0. The average molecular weight is 551 g/mol. The molecule has 2 aromatic rings. The molecule has 8 heteroatoms. The summed E-state index contributed by atoms with van der Waals surface area (Å²) in [6.45, 7) is 8.04. The second-order valence-corrected chi connectivity index (χ2v) is 7.81. The summed E-state index contributed by atoms with van der Waals surface area (Å²) in [6, 6.07) is 17.0. The van der Waals surface area contributed by atoms with Crippen LogP contribution < -0.4 is 19.9 Å². The average Bonchev–Trinajstić information content (AvgIpc) is 2.86. The van der Waals surface area contributed by atoms with Gasteiger partial charge < -0.3 is 29.5 Å². The number of nitrogens with one attached hydrogen (secondary N) is 1. The van der Waals surface area contributed by atoms with Crippen molar-refractivity contribution >= 4 is 41.3 Å². The van der Waals surface area contributed by atoms with E-state index in [1.54, 1.807) is 7.11 Å². The lowest BCUT2D eigenvalue weighted by molar-refractivity contribution is 0.122. The minimum absolute atomic E-state index is 0. The molecule has 2 aromatic carbocycles. The molecule has 2 aliphatic heterocycles. The van der Waals surface area contributed by atoms with Gasteiger partial charge in [-0.2, -0.15) is 0 Å². The number of nitrogens with zero attached hydrogens (tertiary/aromatic N) is 4. The number of rotatable bonds is 5. The molecular formula is C24H34IN5O2. The molecule has 0 atom stereocenters. The van der Waals surface area contributed by atoms with E-state index in [1.165, 1.54) is 11.3 Å². The second-order valence-electron chi connectivity index (χ2n) is 7.81. The molecule has 0 aromatic heterocycles. The number of para-hydroxylation sites is 2. The van der Waals surface area contributed by atoms with Crippen LogP contribution in [0.1, 0.15) is 5.56 Å². The van der Waals surface area contributed by atoms with Gasteiger partial charge in [0.25, 0.3) is 0 Å². The van der Waals surface area contributed by atoms with E-state index in [9.17, 15) is 0 Å². The Balaban J connectivity index is 0.00000289. The van der Waals surface area contributed by atoms with Crippen LogP contribution in [-0.4, -0.2) is 77.5 Å². The third-order valence-corrected chi connectivity index (χ3v) is 5.98. The number of aliphatic imine (C=N–C) groups is 1. The zero-order chi connectivity index (χ0) is 21.5. The quantitative estimate of drug-likeness (QED) is 0.351. The van der Waals surface area contributed by atoms with Crippen LogP contribution in [0.15, 0.2) is 53.5 Å². The Labute approximate surface area is 208 Å². The number of piperazine rings is 1. The van der Waals surface area contributed by atoms with E-state index >= 15 is 0 Å². The Kier molecular flexibility index (Phi) is 9.28. The highest BCUT2D eigenvalue weighted by Gasteiger charge is 2.21. The van der Waals surface area contributed by atoms with Crippen LogP contribution in [0.4, 0.5) is 11.4 Å². The molecule has 0 aliphatic carbocycles. The highest BCUT2D eigenvalue weighted by Crippen LogP contribution is 2.28. The first-order valence-electron chi connectivity index (χ1n) is 11.0. The summed E-state index contributed by atoms with van der Waals surface area (Å²) in [6.07, 6.45) is 0. The Morgan fingerprint density at radius 1 is 0.938 bits per heavy atom. The van der Waals surface area contributed by atoms with Crippen LogP contribution in [0, 0.1) is 0 Å². The number of halogens is 1. The van der Waals surface area contributed by atoms with Gasteiger partial charge in [-0.05, 0) is 29.8 Å². The van der Waals surface area contributed by atoms with E-state index in [-0.39, 0.29) is 24.0 Å². The Bertz CT molecular complexity index is 863. The summed E-state index contributed by atoms with van der Waals surface area (Å²) in [4.78, 5) is 11.6. The molecule has 2 fully saturated rings. The Hall–Kier alpha value is -2.20. The van der Waals surface area contributed by atoms with Gasteiger partial charge in [-0.15, -0.1) is 24.0 Å². The molecule has 2 heterocycles. The SMILES string of the molecule is CN=C(NCc1ccc(N2CCOCC2)cc1)N1CCN(c2ccccc2OC)CC1.I. The van der Waals surface area contributed by atoms with E-state index in [1.807, 2.05) is 19.2 Å². The summed E-state index contributed by atoms with van der Waals surface area (Å²) in [5.41, 5.74) is 3.68. The monoisotopic (exact) mass is 551 g/mol. The van der Waals surface area contributed by atoms with Gasteiger partial charge in [0.15, 0.2) is 5.96 Å².